The van der Waals surface area contributed by atoms with E-state index in [9.17, 15) is 9.59 Å². The van der Waals surface area contributed by atoms with E-state index in [4.69, 9.17) is 9.63 Å². The van der Waals surface area contributed by atoms with Crippen LogP contribution in [-0.4, -0.2) is 45.1 Å². The monoisotopic (exact) mass is 341 g/mol. The van der Waals surface area contributed by atoms with Crippen LogP contribution >= 0.6 is 0 Å². The lowest BCUT2D eigenvalue weighted by atomic mass is 9.96. The van der Waals surface area contributed by atoms with Crippen molar-refractivity contribution in [3.63, 3.8) is 0 Å². The fourth-order valence-corrected chi connectivity index (χ4v) is 3.22. The Morgan fingerprint density at radius 3 is 2.48 bits per heavy atom. The molecule has 1 aliphatic heterocycles. The van der Waals surface area contributed by atoms with Gasteiger partial charge in [-0.25, -0.2) is 4.79 Å². The molecule has 7 nitrogen and oxygen atoms in total. The molecule has 1 aromatic heterocycles. The van der Waals surface area contributed by atoms with Crippen LogP contribution in [0.3, 0.4) is 0 Å². The molecule has 1 atom stereocenters. The number of carboxylic acids is 1. The van der Waals surface area contributed by atoms with Crippen LogP contribution in [0, 0.1) is 0 Å². The zero-order valence-electron chi connectivity index (χ0n) is 13.7. The molecule has 1 aromatic carbocycles. The molecule has 0 spiro atoms. The number of hydrogen-bond donors (Lipinski definition) is 1. The van der Waals surface area contributed by atoms with Gasteiger partial charge in [-0.05, 0) is 49.9 Å². The third-order valence-electron chi connectivity index (χ3n) is 4.84. The fraction of sp³-hybridized carbons (Fsp3) is 0.444. The Morgan fingerprint density at radius 1 is 1.08 bits per heavy atom. The third-order valence-corrected chi connectivity index (χ3v) is 4.84. The van der Waals surface area contributed by atoms with Gasteiger partial charge in [-0.1, -0.05) is 5.16 Å². The topological polar surface area (TPSA) is 96.5 Å². The number of likely N-dealkylation sites (tertiary alicyclic amines) is 1. The molecule has 1 saturated heterocycles. The lowest BCUT2D eigenvalue weighted by Gasteiger charge is -2.31. The number of aromatic nitrogens is 2. The highest BCUT2D eigenvalue weighted by Crippen LogP contribution is 2.39. The summed E-state index contributed by atoms with van der Waals surface area (Å²) in [5.41, 5.74) is 0.671. The van der Waals surface area contributed by atoms with Gasteiger partial charge in [0.25, 0.3) is 5.91 Å². The van der Waals surface area contributed by atoms with Crippen molar-refractivity contribution in [1.29, 1.82) is 0 Å². The molecule has 1 N–H and O–H groups in total. The molecule has 1 unspecified atom stereocenters. The maximum atomic E-state index is 12.7. The number of carbonyl (C=O) groups excluding carboxylic acids is 1. The first-order chi connectivity index (χ1) is 12.1. The molecule has 130 valence electrons. The summed E-state index contributed by atoms with van der Waals surface area (Å²) in [4.78, 5) is 29.9. The van der Waals surface area contributed by atoms with E-state index in [1.54, 1.807) is 17.0 Å². The summed E-state index contributed by atoms with van der Waals surface area (Å²) in [5.74, 6) is 0.846. The Balaban J connectivity index is 1.46. The summed E-state index contributed by atoms with van der Waals surface area (Å²) in [5, 5.41) is 13.1. The van der Waals surface area contributed by atoms with Gasteiger partial charge >= 0.3 is 5.97 Å². The first-order valence-corrected chi connectivity index (χ1v) is 8.58. The van der Waals surface area contributed by atoms with Crippen molar-refractivity contribution in [3.05, 3.63) is 47.1 Å². The number of aromatic carboxylic acids is 1. The molecule has 2 aliphatic rings. The number of benzene rings is 1. The molecule has 1 saturated carbocycles. The van der Waals surface area contributed by atoms with E-state index >= 15 is 0 Å². The minimum absolute atomic E-state index is 0.0900. The van der Waals surface area contributed by atoms with Crippen LogP contribution in [0.5, 0.6) is 0 Å². The van der Waals surface area contributed by atoms with Crippen LogP contribution in [0.4, 0.5) is 0 Å². The Labute approximate surface area is 144 Å². The van der Waals surface area contributed by atoms with E-state index < -0.39 is 5.97 Å². The number of hydrogen-bond acceptors (Lipinski definition) is 5. The Bertz CT molecular complexity index is 795. The molecule has 0 bridgehead atoms. The third kappa shape index (κ3) is 3.26. The SMILES string of the molecule is O=C(O)c1ccc(C(=O)N2CCCC(c3noc(C4CC4)n3)C2)cc1. The largest absolute Gasteiger partial charge is 0.478 e. The minimum atomic E-state index is -0.999. The normalized spacial score (nSPS) is 20.5. The van der Waals surface area contributed by atoms with Gasteiger partial charge in [0.05, 0.1) is 5.56 Å². The number of carbonyl (C=O) groups is 2. The number of amides is 1. The van der Waals surface area contributed by atoms with E-state index in [0.717, 1.165) is 31.6 Å². The van der Waals surface area contributed by atoms with Gasteiger partial charge in [0.15, 0.2) is 5.82 Å². The highest BCUT2D eigenvalue weighted by molar-refractivity contribution is 5.96. The van der Waals surface area contributed by atoms with Crippen molar-refractivity contribution in [2.45, 2.75) is 37.5 Å². The fourth-order valence-electron chi connectivity index (χ4n) is 3.22. The lowest BCUT2D eigenvalue weighted by molar-refractivity contribution is 0.0686. The lowest BCUT2D eigenvalue weighted by Crippen LogP contribution is -2.39. The second-order valence-corrected chi connectivity index (χ2v) is 6.74. The molecule has 2 heterocycles. The van der Waals surface area contributed by atoms with Crippen LogP contribution in [0.1, 0.15) is 70.0 Å². The summed E-state index contributed by atoms with van der Waals surface area (Å²) in [6.45, 7) is 1.24. The van der Waals surface area contributed by atoms with Gasteiger partial charge in [-0.15, -0.1) is 0 Å². The van der Waals surface area contributed by atoms with Crippen molar-refractivity contribution in [2.75, 3.05) is 13.1 Å². The predicted octanol–water partition coefficient (Wildman–Crippen LogP) is 2.67. The molecule has 0 radical (unpaired) electrons. The Morgan fingerprint density at radius 2 is 1.80 bits per heavy atom. The van der Waals surface area contributed by atoms with Gasteiger partial charge in [0.1, 0.15) is 0 Å². The van der Waals surface area contributed by atoms with E-state index in [2.05, 4.69) is 10.1 Å². The first kappa shape index (κ1) is 15.8. The zero-order valence-corrected chi connectivity index (χ0v) is 13.7. The molecule has 25 heavy (non-hydrogen) atoms. The first-order valence-electron chi connectivity index (χ1n) is 8.58. The van der Waals surface area contributed by atoms with Crippen molar-refractivity contribution in [1.82, 2.24) is 15.0 Å². The van der Waals surface area contributed by atoms with Gasteiger partial charge in [-0.3, -0.25) is 4.79 Å². The summed E-state index contributed by atoms with van der Waals surface area (Å²) in [6, 6.07) is 6.04. The summed E-state index contributed by atoms with van der Waals surface area (Å²) in [6.07, 6.45) is 4.05. The molecule has 1 aliphatic carbocycles. The number of nitrogens with zero attached hydrogens (tertiary/aromatic N) is 3. The molecule has 2 aromatic rings. The van der Waals surface area contributed by atoms with E-state index in [1.807, 2.05) is 0 Å². The summed E-state index contributed by atoms with van der Waals surface area (Å²) < 4.78 is 5.34. The number of piperidine rings is 1. The predicted molar refractivity (Wildman–Crippen MR) is 87.6 cm³/mol. The van der Waals surface area contributed by atoms with Crippen molar-refractivity contribution >= 4 is 11.9 Å². The molecular formula is C18H19N3O4. The van der Waals surface area contributed by atoms with Crippen LogP contribution in [0.15, 0.2) is 28.8 Å². The van der Waals surface area contributed by atoms with E-state index in [1.165, 1.54) is 12.1 Å². The summed E-state index contributed by atoms with van der Waals surface area (Å²) >= 11 is 0. The van der Waals surface area contributed by atoms with Gasteiger partial charge in [-0.2, -0.15) is 4.98 Å². The Kier molecular flexibility index (Phi) is 3.99. The number of rotatable bonds is 4. The second-order valence-electron chi connectivity index (χ2n) is 6.74. The molecule has 7 heteroatoms. The van der Waals surface area contributed by atoms with Crippen LogP contribution in [0.2, 0.25) is 0 Å². The second kappa shape index (κ2) is 6.31. The Hall–Kier alpha value is -2.70. The van der Waals surface area contributed by atoms with Gasteiger partial charge in [0, 0.05) is 30.5 Å². The van der Waals surface area contributed by atoms with E-state index in [-0.39, 0.29) is 17.4 Å². The molecular weight excluding hydrogens is 322 g/mol. The van der Waals surface area contributed by atoms with Crippen molar-refractivity contribution in [2.24, 2.45) is 0 Å². The van der Waals surface area contributed by atoms with E-state index in [0.29, 0.717) is 30.4 Å². The molecule has 2 fully saturated rings. The number of carboxylic acid groups (broad SMARTS) is 1. The van der Waals surface area contributed by atoms with Gasteiger partial charge in [0.2, 0.25) is 5.89 Å². The average Bonchev–Trinajstić information content (AvgIpc) is 3.38. The van der Waals surface area contributed by atoms with Crippen LogP contribution in [0.25, 0.3) is 0 Å². The minimum Gasteiger partial charge on any atom is -0.478 e. The smallest absolute Gasteiger partial charge is 0.335 e. The van der Waals surface area contributed by atoms with Crippen LogP contribution in [-0.2, 0) is 0 Å². The zero-order chi connectivity index (χ0) is 17.4. The highest BCUT2D eigenvalue weighted by Gasteiger charge is 2.33. The van der Waals surface area contributed by atoms with Crippen molar-refractivity contribution in [3.8, 4) is 0 Å². The van der Waals surface area contributed by atoms with Crippen molar-refractivity contribution < 1.29 is 19.2 Å². The quantitative estimate of drug-likeness (QED) is 0.918. The average molecular weight is 341 g/mol. The van der Waals surface area contributed by atoms with Crippen LogP contribution < -0.4 is 0 Å². The maximum Gasteiger partial charge on any atom is 0.335 e. The maximum absolute atomic E-state index is 12.7. The molecule has 1 amide bonds. The summed E-state index contributed by atoms with van der Waals surface area (Å²) in [7, 11) is 0. The highest BCUT2D eigenvalue weighted by atomic mass is 16.5. The molecule has 4 rings (SSSR count). The standard InChI is InChI=1S/C18H19N3O4/c22-17(12-5-7-13(8-6-12)18(23)24)21-9-1-2-14(10-21)15-19-16(25-20-15)11-3-4-11/h5-8,11,14H,1-4,9-10H2,(H,23,24). The van der Waals surface area contributed by atoms with Gasteiger partial charge < -0.3 is 14.5 Å².